The molecule has 1 heteroatoms. The quantitative estimate of drug-likeness (QED) is 0.505. The molecule has 2 aliphatic heterocycles. The minimum atomic E-state index is 0.999. The van der Waals surface area contributed by atoms with Gasteiger partial charge in [-0.1, -0.05) is 6.92 Å². The van der Waals surface area contributed by atoms with E-state index >= 15 is 0 Å². The summed E-state index contributed by atoms with van der Waals surface area (Å²) in [5, 5.41) is 0. The van der Waals surface area contributed by atoms with E-state index < -0.39 is 0 Å². The second-order valence-electron chi connectivity index (χ2n) is 5.33. The highest BCUT2D eigenvalue weighted by molar-refractivity contribution is 4.62. The molecule has 0 bridgehead atoms. The van der Waals surface area contributed by atoms with E-state index in [9.17, 15) is 0 Å². The summed E-state index contributed by atoms with van der Waals surface area (Å²) in [6.45, 7) is 8.40. The van der Waals surface area contributed by atoms with Gasteiger partial charge in [-0.05, 0) is 44.4 Å². The Bertz CT molecular complexity index is 159. The third-order valence-electron chi connectivity index (χ3n) is 4.19. The predicted molar refractivity (Wildman–Crippen MR) is 56.6 cm³/mol. The molecule has 1 atom stereocenters. The Morgan fingerprint density at radius 3 is 2.23 bits per heavy atom. The molecule has 1 nitrogen and oxygen atoms in total. The summed E-state index contributed by atoms with van der Waals surface area (Å²) in [7, 11) is 0. The zero-order chi connectivity index (χ0) is 9.15. The first kappa shape index (κ1) is 9.51. The molecule has 2 saturated heterocycles. The van der Waals surface area contributed by atoms with Crippen LogP contribution in [0.5, 0.6) is 0 Å². The number of hydrogen-bond donors (Lipinski definition) is 0. The van der Waals surface area contributed by atoms with Crippen molar-refractivity contribution in [1.82, 2.24) is 0 Å². The molecule has 13 heavy (non-hydrogen) atoms. The molecule has 0 radical (unpaired) electrons. The van der Waals surface area contributed by atoms with Crippen LogP contribution >= 0.6 is 0 Å². The summed E-state index contributed by atoms with van der Waals surface area (Å²) in [4.78, 5) is 0. The first-order chi connectivity index (χ1) is 6.31. The summed E-state index contributed by atoms with van der Waals surface area (Å²) in [5.41, 5.74) is 0. The van der Waals surface area contributed by atoms with Gasteiger partial charge in [-0.25, -0.2) is 0 Å². The fourth-order valence-corrected chi connectivity index (χ4v) is 3.16. The fraction of sp³-hybridized carbons (Fsp3) is 1.00. The van der Waals surface area contributed by atoms with Crippen LogP contribution in [0.15, 0.2) is 0 Å². The number of hydrogen-bond acceptors (Lipinski definition) is 0. The van der Waals surface area contributed by atoms with Crippen LogP contribution in [-0.2, 0) is 0 Å². The van der Waals surface area contributed by atoms with Gasteiger partial charge in [-0.2, -0.15) is 0 Å². The molecule has 1 spiro atoms. The van der Waals surface area contributed by atoms with E-state index in [0.29, 0.717) is 0 Å². The van der Waals surface area contributed by atoms with E-state index in [1.807, 2.05) is 0 Å². The minimum Gasteiger partial charge on any atom is -0.324 e. The highest BCUT2D eigenvalue weighted by atomic mass is 15.4. The lowest BCUT2D eigenvalue weighted by molar-refractivity contribution is -0.931. The summed E-state index contributed by atoms with van der Waals surface area (Å²) in [6.07, 6.45) is 8.94. The summed E-state index contributed by atoms with van der Waals surface area (Å²) >= 11 is 0. The lowest BCUT2D eigenvalue weighted by Gasteiger charge is -2.41. The average molecular weight is 182 g/mol. The third kappa shape index (κ3) is 2.25. The zero-order valence-corrected chi connectivity index (χ0v) is 9.10. The molecule has 2 fully saturated rings. The van der Waals surface area contributed by atoms with Gasteiger partial charge in [0.15, 0.2) is 0 Å². The summed E-state index contributed by atoms with van der Waals surface area (Å²) in [5.74, 6) is 0.999. The normalized spacial score (nSPS) is 34.4. The van der Waals surface area contributed by atoms with Crippen LogP contribution in [0.3, 0.4) is 0 Å². The van der Waals surface area contributed by atoms with Gasteiger partial charge in [-0.15, -0.1) is 0 Å². The Morgan fingerprint density at radius 1 is 0.769 bits per heavy atom. The van der Waals surface area contributed by atoms with Gasteiger partial charge in [0, 0.05) is 0 Å². The van der Waals surface area contributed by atoms with Gasteiger partial charge in [-0.3, -0.25) is 0 Å². The van der Waals surface area contributed by atoms with Crippen molar-refractivity contribution in [3.63, 3.8) is 0 Å². The standard InChI is InChI=1S/C12H24N/c1-12-6-5-10-13(11-7-12)8-3-2-4-9-13/h12H,2-11H2,1H3/q+1/t12-/m0/s1. The van der Waals surface area contributed by atoms with Gasteiger partial charge >= 0.3 is 0 Å². The molecule has 2 heterocycles. The van der Waals surface area contributed by atoms with Gasteiger partial charge < -0.3 is 4.48 Å². The van der Waals surface area contributed by atoms with Gasteiger partial charge in [0.05, 0.1) is 26.2 Å². The van der Waals surface area contributed by atoms with E-state index in [0.717, 1.165) is 5.92 Å². The van der Waals surface area contributed by atoms with E-state index in [2.05, 4.69) is 6.92 Å². The van der Waals surface area contributed by atoms with Crippen LogP contribution in [-0.4, -0.2) is 30.7 Å². The van der Waals surface area contributed by atoms with Crippen LogP contribution in [0.25, 0.3) is 0 Å². The molecule has 0 aromatic carbocycles. The molecule has 0 aromatic rings. The first-order valence-corrected chi connectivity index (χ1v) is 6.16. The Kier molecular flexibility index (Phi) is 2.92. The van der Waals surface area contributed by atoms with Gasteiger partial charge in [0.2, 0.25) is 0 Å². The van der Waals surface area contributed by atoms with E-state index in [4.69, 9.17) is 0 Å². The molecule has 0 aromatic heterocycles. The first-order valence-electron chi connectivity index (χ1n) is 6.16. The zero-order valence-electron chi connectivity index (χ0n) is 9.10. The molecule has 76 valence electrons. The van der Waals surface area contributed by atoms with Crippen molar-refractivity contribution in [3.8, 4) is 0 Å². The topological polar surface area (TPSA) is 0 Å². The second kappa shape index (κ2) is 4.00. The molecular formula is C12H24N+. The third-order valence-corrected chi connectivity index (χ3v) is 4.19. The lowest BCUT2D eigenvalue weighted by Crippen LogP contribution is -2.51. The van der Waals surface area contributed by atoms with Gasteiger partial charge in [0.1, 0.15) is 0 Å². The smallest absolute Gasteiger partial charge is 0.0789 e. The highest BCUT2D eigenvalue weighted by Gasteiger charge is 2.31. The summed E-state index contributed by atoms with van der Waals surface area (Å²) in [6, 6.07) is 0. The Morgan fingerprint density at radius 2 is 1.46 bits per heavy atom. The number of nitrogens with zero attached hydrogens (tertiary/aromatic N) is 1. The number of piperidine rings is 1. The molecule has 0 N–H and O–H groups in total. The maximum Gasteiger partial charge on any atom is 0.0789 e. The van der Waals surface area contributed by atoms with Crippen molar-refractivity contribution in [1.29, 1.82) is 0 Å². The Labute approximate surface area is 82.7 Å². The maximum atomic E-state index is 2.44. The second-order valence-corrected chi connectivity index (χ2v) is 5.33. The highest BCUT2D eigenvalue weighted by Crippen LogP contribution is 2.26. The molecule has 0 saturated carbocycles. The molecule has 0 amide bonds. The largest absolute Gasteiger partial charge is 0.324 e. The van der Waals surface area contributed by atoms with Crippen molar-refractivity contribution in [2.75, 3.05) is 26.2 Å². The van der Waals surface area contributed by atoms with Crippen LogP contribution in [0, 0.1) is 5.92 Å². The lowest BCUT2D eigenvalue weighted by atomic mass is 10.0. The predicted octanol–water partition coefficient (Wildman–Crippen LogP) is 2.81. The van der Waals surface area contributed by atoms with E-state index in [1.54, 1.807) is 0 Å². The molecule has 2 aliphatic rings. The molecule has 0 aliphatic carbocycles. The number of quaternary nitrogens is 1. The van der Waals surface area contributed by atoms with Crippen molar-refractivity contribution in [3.05, 3.63) is 0 Å². The SMILES string of the molecule is C[C@H]1CCC[N+]2(CCCCC2)CC1. The Balaban J connectivity index is 1.95. The van der Waals surface area contributed by atoms with Crippen molar-refractivity contribution in [2.45, 2.75) is 45.4 Å². The molecule has 2 rings (SSSR count). The molecule has 0 unspecified atom stereocenters. The average Bonchev–Trinajstić information content (AvgIpc) is 2.32. The van der Waals surface area contributed by atoms with Crippen molar-refractivity contribution >= 4 is 0 Å². The minimum absolute atomic E-state index is 0.999. The van der Waals surface area contributed by atoms with Crippen molar-refractivity contribution < 1.29 is 4.48 Å². The maximum absolute atomic E-state index is 2.44. The summed E-state index contributed by atoms with van der Waals surface area (Å²) < 4.78 is 1.49. The van der Waals surface area contributed by atoms with Crippen LogP contribution < -0.4 is 0 Å². The van der Waals surface area contributed by atoms with Crippen LogP contribution in [0.2, 0.25) is 0 Å². The Hall–Kier alpha value is -0.0400. The molecular weight excluding hydrogens is 158 g/mol. The van der Waals surface area contributed by atoms with Crippen LogP contribution in [0.1, 0.15) is 45.4 Å². The van der Waals surface area contributed by atoms with Crippen molar-refractivity contribution in [2.24, 2.45) is 5.92 Å². The van der Waals surface area contributed by atoms with E-state index in [-0.39, 0.29) is 0 Å². The fourth-order valence-electron chi connectivity index (χ4n) is 3.16. The van der Waals surface area contributed by atoms with E-state index in [1.165, 1.54) is 69.2 Å². The van der Waals surface area contributed by atoms with Crippen LogP contribution in [0.4, 0.5) is 0 Å². The number of rotatable bonds is 0. The monoisotopic (exact) mass is 182 g/mol. The van der Waals surface area contributed by atoms with Gasteiger partial charge in [0.25, 0.3) is 0 Å².